The van der Waals surface area contributed by atoms with Crippen LogP contribution >= 0.6 is 23.2 Å². The van der Waals surface area contributed by atoms with Gasteiger partial charge in [0.2, 0.25) is 5.28 Å². The van der Waals surface area contributed by atoms with E-state index in [1.54, 1.807) is 19.2 Å². The van der Waals surface area contributed by atoms with Gasteiger partial charge in [-0.15, -0.1) is 5.92 Å². The molecule has 0 saturated heterocycles. The molecular formula is C10H5Cl2N3. The highest BCUT2D eigenvalue weighted by molar-refractivity contribution is 6.35. The summed E-state index contributed by atoms with van der Waals surface area (Å²) >= 11 is 11.5. The summed E-state index contributed by atoms with van der Waals surface area (Å²) in [5, 5.41) is 0.358. The van der Waals surface area contributed by atoms with E-state index in [0.29, 0.717) is 11.0 Å². The molecule has 0 fully saturated rings. The summed E-state index contributed by atoms with van der Waals surface area (Å²) in [6.07, 6.45) is 1.63. The van der Waals surface area contributed by atoms with Crippen LogP contribution in [-0.2, 0) is 0 Å². The smallest absolute Gasteiger partial charge is 0.224 e. The molecule has 0 unspecified atom stereocenters. The first-order valence-electron chi connectivity index (χ1n) is 4.12. The normalized spacial score (nSPS) is 9.80. The van der Waals surface area contributed by atoms with E-state index < -0.39 is 0 Å². The molecule has 0 saturated carbocycles. The molecule has 5 heteroatoms. The Hall–Kier alpha value is -1.37. The van der Waals surface area contributed by atoms with Crippen LogP contribution in [0.2, 0.25) is 10.4 Å². The number of nitrogens with zero attached hydrogens (tertiary/aromatic N) is 3. The van der Waals surface area contributed by atoms with Crippen molar-refractivity contribution >= 4 is 34.2 Å². The van der Waals surface area contributed by atoms with Crippen molar-refractivity contribution in [1.29, 1.82) is 0 Å². The maximum Gasteiger partial charge on any atom is 0.224 e. The van der Waals surface area contributed by atoms with Gasteiger partial charge in [-0.05, 0) is 24.6 Å². The van der Waals surface area contributed by atoms with Crippen molar-refractivity contribution < 1.29 is 0 Å². The second kappa shape index (κ2) is 4.01. The highest BCUT2D eigenvalue weighted by Crippen LogP contribution is 2.20. The second-order valence-electron chi connectivity index (χ2n) is 2.75. The van der Waals surface area contributed by atoms with Gasteiger partial charge >= 0.3 is 0 Å². The Labute approximate surface area is 96.5 Å². The maximum atomic E-state index is 5.86. The third-order valence-electron chi connectivity index (χ3n) is 1.74. The predicted octanol–water partition coefficient (Wildman–Crippen LogP) is 2.70. The van der Waals surface area contributed by atoms with E-state index in [1.807, 2.05) is 0 Å². The van der Waals surface area contributed by atoms with Gasteiger partial charge in [0.1, 0.15) is 5.52 Å². The molecule has 2 heterocycles. The first-order valence-corrected chi connectivity index (χ1v) is 4.88. The lowest BCUT2D eigenvalue weighted by Crippen LogP contribution is -1.90. The molecular weight excluding hydrogens is 233 g/mol. The first-order chi connectivity index (χ1) is 7.20. The minimum Gasteiger partial charge on any atom is -0.250 e. The Morgan fingerprint density at radius 3 is 2.80 bits per heavy atom. The zero-order valence-corrected chi connectivity index (χ0v) is 9.26. The quantitative estimate of drug-likeness (QED) is 0.402. The Kier molecular flexibility index (Phi) is 2.72. The lowest BCUT2D eigenvalue weighted by Gasteiger charge is -1.99. The Bertz CT molecular complexity index is 584. The maximum absolute atomic E-state index is 5.86. The molecule has 0 atom stereocenters. The fourth-order valence-electron chi connectivity index (χ4n) is 1.17. The molecule has 0 aliphatic rings. The van der Waals surface area contributed by atoms with Crippen LogP contribution in [0.4, 0.5) is 0 Å². The van der Waals surface area contributed by atoms with Crippen molar-refractivity contribution in [3.63, 3.8) is 0 Å². The van der Waals surface area contributed by atoms with E-state index in [0.717, 1.165) is 5.56 Å². The average molecular weight is 238 g/mol. The van der Waals surface area contributed by atoms with Gasteiger partial charge in [-0.3, -0.25) is 4.98 Å². The van der Waals surface area contributed by atoms with Crippen molar-refractivity contribution in [2.75, 3.05) is 0 Å². The molecule has 0 aliphatic carbocycles. The van der Waals surface area contributed by atoms with Gasteiger partial charge in [0.15, 0.2) is 5.15 Å². The van der Waals surface area contributed by atoms with Gasteiger partial charge in [0, 0.05) is 11.8 Å². The van der Waals surface area contributed by atoms with E-state index in [-0.39, 0.29) is 10.4 Å². The molecule has 74 valence electrons. The van der Waals surface area contributed by atoms with E-state index >= 15 is 0 Å². The van der Waals surface area contributed by atoms with Crippen LogP contribution in [0.1, 0.15) is 12.5 Å². The Morgan fingerprint density at radius 1 is 1.27 bits per heavy atom. The highest BCUT2D eigenvalue weighted by atomic mass is 35.5. The molecule has 3 nitrogen and oxygen atoms in total. The number of pyridine rings is 1. The number of hydrogen-bond acceptors (Lipinski definition) is 3. The van der Waals surface area contributed by atoms with Gasteiger partial charge in [0.05, 0.1) is 5.52 Å². The van der Waals surface area contributed by atoms with Crippen molar-refractivity contribution in [2.45, 2.75) is 6.92 Å². The van der Waals surface area contributed by atoms with Crippen LogP contribution in [0.3, 0.4) is 0 Å². The molecule has 15 heavy (non-hydrogen) atoms. The van der Waals surface area contributed by atoms with Crippen LogP contribution < -0.4 is 0 Å². The zero-order chi connectivity index (χ0) is 10.8. The number of halogens is 2. The molecule has 0 bridgehead atoms. The van der Waals surface area contributed by atoms with Gasteiger partial charge in [-0.2, -0.15) is 0 Å². The first kappa shape index (κ1) is 10.2. The minimum atomic E-state index is 0.107. The number of hydrogen-bond donors (Lipinski definition) is 0. The van der Waals surface area contributed by atoms with Crippen LogP contribution in [0.5, 0.6) is 0 Å². The number of fused-ring (bicyclic) bond motifs is 1. The van der Waals surface area contributed by atoms with Crippen LogP contribution in [-0.4, -0.2) is 15.0 Å². The van der Waals surface area contributed by atoms with Crippen molar-refractivity contribution in [2.24, 2.45) is 0 Å². The second-order valence-corrected chi connectivity index (χ2v) is 3.45. The summed E-state index contributed by atoms with van der Waals surface area (Å²) in [5.74, 6) is 5.66. The molecule has 2 aromatic rings. The third-order valence-corrected chi connectivity index (χ3v) is 2.17. The zero-order valence-electron chi connectivity index (χ0n) is 7.75. The summed E-state index contributed by atoms with van der Waals surface area (Å²) < 4.78 is 0. The van der Waals surface area contributed by atoms with Crippen LogP contribution in [0, 0.1) is 11.8 Å². The van der Waals surface area contributed by atoms with E-state index in [9.17, 15) is 0 Å². The monoisotopic (exact) mass is 237 g/mol. The van der Waals surface area contributed by atoms with Gasteiger partial charge in [-0.1, -0.05) is 17.5 Å². The molecule has 2 rings (SSSR count). The minimum absolute atomic E-state index is 0.107. The standard InChI is InChI=1S/C10H5Cl2N3/c1-2-3-6-4-7-8(13-5-6)9(11)15-10(12)14-7/h4-5H,1H3. The lowest BCUT2D eigenvalue weighted by molar-refractivity contribution is 1.19. The largest absolute Gasteiger partial charge is 0.250 e. The molecule has 2 aromatic heterocycles. The Morgan fingerprint density at radius 2 is 2.07 bits per heavy atom. The molecule has 0 aromatic carbocycles. The van der Waals surface area contributed by atoms with Crippen LogP contribution in [0.25, 0.3) is 11.0 Å². The van der Waals surface area contributed by atoms with Crippen molar-refractivity contribution in [3.8, 4) is 11.8 Å². The van der Waals surface area contributed by atoms with Crippen molar-refractivity contribution in [3.05, 3.63) is 28.3 Å². The molecule has 0 aliphatic heterocycles. The Balaban J connectivity index is 2.74. The average Bonchev–Trinajstić information content (AvgIpc) is 2.17. The van der Waals surface area contributed by atoms with Gasteiger partial charge in [0.25, 0.3) is 0 Å². The highest BCUT2D eigenvalue weighted by Gasteiger charge is 2.05. The summed E-state index contributed by atoms with van der Waals surface area (Å²) in [4.78, 5) is 11.9. The number of aromatic nitrogens is 3. The summed E-state index contributed by atoms with van der Waals surface area (Å²) in [5.41, 5.74) is 1.90. The fraction of sp³-hybridized carbons (Fsp3) is 0.100. The third kappa shape index (κ3) is 2.01. The van der Waals surface area contributed by atoms with E-state index in [1.165, 1.54) is 0 Å². The molecule has 0 amide bonds. The SMILES string of the molecule is CC#Cc1cnc2c(Cl)nc(Cl)nc2c1. The predicted molar refractivity (Wildman–Crippen MR) is 59.9 cm³/mol. The summed E-state index contributed by atoms with van der Waals surface area (Å²) in [6.45, 7) is 1.75. The van der Waals surface area contributed by atoms with E-state index in [2.05, 4.69) is 26.8 Å². The number of rotatable bonds is 0. The van der Waals surface area contributed by atoms with E-state index in [4.69, 9.17) is 23.2 Å². The molecule has 0 spiro atoms. The molecule has 0 N–H and O–H groups in total. The fourth-order valence-corrected chi connectivity index (χ4v) is 1.61. The topological polar surface area (TPSA) is 38.7 Å². The van der Waals surface area contributed by atoms with Gasteiger partial charge < -0.3 is 0 Å². The van der Waals surface area contributed by atoms with Crippen LogP contribution in [0.15, 0.2) is 12.3 Å². The summed E-state index contributed by atoms with van der Waals surface area (Å²) in [6, 6.07) is 1.78. The van der Waals surface area contributed by atoms with Gasteiger partial charge in [-0.25, -0.2) is 9.97 Å². The molecule has 0 radical (unpaired) electrons. The summed E-state index contributed by atoms with van der Waals surface area (Å²) in [7, 11) is 0. The van der Waals surface area contributed by atoms with Crippen molar-refractivity contribution in [1.82, 2.24) is 15.0 Å². The lowest BCUT2D eigenvalue weighted by atomic mass is 10.2.